The van der Waals surface area contributed by atoms with Gasteiger partial charge in [-0.05, 0) is 58.9 Å². The number of anilines is 2. The number of aromatic nitrogens is 3. The fourth-order valence-electron chi connectivity index (χ4n) is 3.19. The second kappa shape index (κ2) is 8.19. The first-order valence-corrected chi connectivity index (χ1v) is 12.7. The van der Waals surface area contributed by atoms with Crippen LogP contribution in [0.5, 0.6) is 5.75 Å². The molecule has 2 aromatic heterocycles. The SMILES string of the molecule is CC(C)(CO)Oc1cc2ncnc(Nc3ccc4scnc4c3)c2cc1S(=O)(=O)C(C)(C)C. The summed E-state index contributed by atoms with van der Waals surface area (Å²) in [5, 5.41) is 13.5. The molecule has 0 unspecified atom stereocenters. The average molecular weight is 487 g/mol. The van der Waals surface area contributed by atoms with Gasteiger partial charge in [-0.3, -0.25) is 0 Å². The lowest BCUT2D eigenvalue weighted by molar-refractivity contribution is 0.0388. The highest BCUT2D eigenvalue weighted by Gasteiger charge is 2.35. The van der Waals surface area contributed by atoms with E-state index in [1.54, 1.807) is 63.6 Å². The van der Waals surface area contributed by atoms with Crippen LogP contribution in [0.3, 0.4) is 0 Å². The van der Waals surface area contributed by atoms with E-state index in [4.69, 9.17) is 4.74 Å². The molecule has 174 valence electrons. The molecule has 0 atom stereocenters. The fraction of sp³-hybridized carbons (Fsp3) is 0.348. The summed E-state index contributed by atoms with van der Waals surface area (Å²) in [7, 11) is -3.79. The van der Waals surface area contributed by atoms with Crippen molar-refractivity contribution in [2.75, 3.05) is 11.9 Å². The minimum Gasteiger partial charge on any atom is -0.484 e. The Morgan fingerprint density at radius 3 is 2.48 bits per heavy atom. The molecular formula is C23H26N4O4S2. The number of fused-ring (bicyclic) bond motifs is 2. The third kappa shape index (κ3) is 4.50. The van der Waals surface area contributed by atoms with Crippen molar-refractivity contribution in [3.63, 3.8) is 0 Å². The maximum atomic E-state index is 13.5. The Kier molecular flexibility index (Phi) is 5.80. The van der Waals surface area contributed by atoms with E-state index < -0.39 is 20.2 Å². The van der Waals surface area contributed by atoms with Gasteiger partial charge in [0.1, 0.15) is 28.4 Å². The summed E-state index contributed by atoms with van der Waals surface area (Å²) in [6.07, 6.45) is 1.41. The Labute approximate surface area is 196 Å². The predicted molar refractivity (Wildman–Crippen MR) is 131 cm³/mol. The molecule has 2 aromatic carbocycles. The van der Waals surface area contributed by atoms with Crippen LogP contribution in [0.15, 0.2) is 47.1 Å². The molecule has 0 fully saturated rings. The van der Waals surface area contributed by atoms with Crippen LogP contribution in [0.4, 0.5) is 11.5 Å². The third-order valence-corrected chi connectivity index (χ3v) is 8.48. The van der Waals surface area contributed by atoms with Gasteiger partial charge >= 0.3 is 0 Å². The Morgan fingerprint density at radius 1 is 1.03 bits per heavy atom. The third-order valence-electron chi connectivity index (χ3n) is 5.16. The van der Waals surface area contributed by atoms with Crippen LogP contribution < -0.4 is 10.1 Å². The number of aliphatic hydroxyl groups excluding tert-OH is 1. The van der Waals surface area contributed by atoms with E-state index >= 15 is 0 Å². The Hall–Kier alpha value is -2.82. The Bertz CT molecular complexity index is 1440. The van der Waals surface area contributed by atoms with E-state index in [2.05, 4.69) is 20.3 Å². The minimum absolute atomic E-state index is 0.0248. The molecular weight excluding hydrogens is 460 g/mol. The molecule has 0 aliphatic carbocycles. The van der Waals surface area contributed by atoms with E-state index in [9.17, 15) is 13.5 Å². The molecule has 0 spiro atoms. The zero-order chi connectivity index (χ0) is 24.0. The number of ether oxygens (including phenoxy) is 1. The van der Waals surface area contributed by atoms with Gasteiger partial charge in [0.05, 0.1) is 32.6 Å². The number of hydrogen-bond acceptors (Lipinski definition) is 9. The van der Waals surface area contributed by atoms with Crippen LogP contribution >= 0.6 is 11.3 Å². The molecule has 0 aliphatic heterocycles. The number of aliphatic hydroxyl groups is 1. The van der Waals surface area contributed by atoms with Gasteiger partial charge in [0.2, 0.25) is 0 Å². The molecule has 0 aliphatic rings. The lowest BCUT2D eigenvalue weighted by Crippen LogP contribution is -2.34. The minimum atomic E-state index is -3.79. The topological polar surface area (TPSA) is 114 Å². The molecule has 2 heterocycles. The molecule has 8 nitrogen and oxygen atoms in total. The zero-order valence-corrected chi connectivity index (χ0v) is 20.7. The van der Waals surface area contributed by atoms with Crippen molar-refractivity contribution < 1.29 is 18.3 Å². The van der Waals surface area contributed by atoms with Crippen molar-refractivity contribution in [2.24, 2.45) is 0 Å². The molecule has 0 saturated heterocycles. The van der Waals surface area contributed by atoms with Crippen LogP contribution in [0.1, 0.15) is 34.6 Å². The van der Waals surface area contributed by atoms with Crippen molar-refractivity contribution in [1.82, 2.24) is 15.0 Å². The van der Waals surface area contributed by atoms with Gasteiger partial charge in [-0.1, -0.05) is 0 Å². The molecule has 0 amide bonds. The number of sulfone groups is 1. The van der Waals surface area contributed by atoms with Crippen molar-refractivity contribution in [3.8, 4) is 5.75 Å². The van der Waals surface area contributed by atoms with Crippen LogP contribution in [0.25, 0.3) is 21.1 Å². The highest BCUT2D eigenvalue weighted by molar-refractivity contribution is 7.92. The van der Waals surface area contributed by atoms with E-state index in [1.807, 2.05) is 18.2 Å². The number of benzene rings is 2. The normalized spacial score (nSPS) is 12.9. The monoisotopic (exact) mass is 486 g/mol. The van der Waals surface area contributed by atoms with Gasteiger partial charge in [-0.2, -0.15) is 0 Å². The first-order valence-electron chi connectivity index (χ1n) is 10.3. The van der Waals surface area contributed by atoms with Crippen LogP contribution in [-0.2, 0) is 9.84 Å². The summed E-state index contributed by atoms with van der Waals surface area (Å²) >= 11 is 1.56. The highest BCUT2D eigenvalue weighted by atomic mass is 32.2. The zero-order valence-electron chi connectivity index (χ0n) is 19.1. The van der Waals surface area contributed by atoms with Crippen LogP contribution in [-0.4, -0.2) is 45.4 Å². The van der Waals surface area contributed by atoms with Gasteiger partial charge in [-0.25, -0.2) is 23.4 Å². The standard InChI is InChI=1S/C23H26N4O4S2/c1-22(2,3)33(29,30)20-9-15-16(10-18(20)31-23(4,5)11-28)24-12-25-21(15)27-14-6-7-19-17(8-14)26-13-32-19/h6-10,12-13,28H,11H2,1-5H3,(H,24,25,27). The van der Waals surface area contributed by atoms with Gasteiger partial charge < -0.3 is 15.2 Å². The fourth-order valence-corrected chi connectivity index (χ4v) is 5.14. The molecule has 0 saturated carbocycles. The lowest BCUT2D eigenvalue weighted by atomic mass is 10.1. The van der Waals surface area contributed by atoms with Gasteiger partial charge in [0.15, 0.2) is 9.84 Å². The summed E-state index contributed by atoms with van der Waals surface area (Å²) in [5.74, 6) is 0.609. The quantitative estimate of drug-likeness (QED) is 0.403. The summed E-state index contributed by atoms with van der Waals surface area (Å²) < 4.78 is 32.9. The lowest BCUT2D eigenvalue weighted by Gasteiger charge is -2.28. The Balaban J connectivity index is 1.89. The largest absolute Gasteiger partial charge is 0.484 e. The van der Waals surface area contributed by atoms with E-state index in [0.717, 1.165) is 15.9 Å². The van der Waals surface area contributed by atoms with Gasteiger partial charge in [-0.15, -0.1) is 11.3 Å². The summed E-state index contributed by atoms with van der Waals surface area (Å²) in [6.45, 7) is 8.00. The smallest absolute Gasteiger partial charge is 0.186 e. The predicted octanol–water partition coefficient (Wildman–Crippen LogP) is 4.71. The molecule has 10 heteroatoms. The van der Waals surface area contributed by atoms with Gasteiger partial charge in [0, 0.05) is 17.1 Å². The van der Waals surface area contributed by atoms with E-state index in [1.165, 1.54) is 6.33 Å². The number of thiazole rings is 1. The van der Waals surface area contributed by atoms with Crippen molar-refractivity contribution in [2.45, 2.75) is 49.9 Å². The van der Waals surface area contributed by atoms with Crippen LogP contribution in [0.2, 0.25) is 0 Å². The average Bonchev–Trinajstić information content (AvgIpc) is 3.20. The van der Waals surface area contributed by atoms with E-state index in [-0.39, 0.29) is 17.3 Å². The number of hydrogen-bond donors (Lipinski definition) is 2. The number of nitrogens with zero attached hydrogens (tertiary/aromatic N) is 3. The maximum absolute atomic E-state index is 13.5. The summed E-state index contributed by atoms with van der Waals surface area (Å²) in [6, 6.07) is 8.93. The molecule has 4 aromatic rings. The Morgan fingerprint density at radius 2 is 1.79 bits per heavy atom. The van der Waals surface area contributed by atoms with Crippen molar-refractivity contribution in [1.29, 1.82) is 0 Å². The maximum Gasteiger partial charge on any atom is 0.186 e. The van der Waals surface area contributed by atoms with Crippen molar-refractivity contribution in [3.05, 3.63) is 42.2 Å². The van der Waals surface area contributed by atoms with Gasteiger partial charge in [0.25, 0.3) is 0 Å². The molecule has 2 N–H and O–H groups in total. The summed E-state index contributed by atoms with van der Waals surface area (Å²) in [4.78, 5) is 13.1. The van der Waals surface area contributed by atoms with Crippen molar-refractivity contribution >= 4 is 53.8 Å². The second-order valence-corrected chi connectivity index (χ2v) is 12.9. The van der Waals surface area contributed by atoms with E-state index in [0.29, 0.717) is 16.7 Å². The highest BCUT2D eigenvalue weighted by Crippen LogP contribution is 2.38. The first-order chi connectivity index (χ1) is 15.4. The molecule has 0 bridgehead atoms. The number of nitrogens with one attached hydrogen (secondary N) is 1. The summed E-state index contributed by atoms with van der Waals surface area (Å²) in [5.41, 5.74) is 2.95. The molecule has 4 rings (SSSR count). The molecule has 0 radical (unpaired) electrons. The van der Waals surface area contributed by atoms with Crippen LogP contribution in [0, 0.1) is 0 Å². The number of rotatable bonds is 6. The first kappa shape index (κ1) is 23.3. The second-order valence-electron chi connectivity index (χ2n) is 9.33. The molecule has 33 heavy (non-hydrogen) atoms.